The molecule has 140 valence electrons. The van der Waals surface area contributed by atoms with Crippen molar-refractivity contribution in [3.05, 3.63) is 11.8 Å². The molecular weight excluding hydrogens is 376 g/mol. The zero-order chi connectivity index (χ0) is 17.8. The van der Waals surface area contributed by atoms with Crippen molar-refractivity contribution in [2.24, 2.45) is 11.8 Å². The molecule has 0 heterocycles. The lowest BCUT2D eigenvalue weighted by Gasteiger charge is -2.32. The van der Waals surface area contributed by atoms with E-state index in [1.165, 1.54) is 0 Å². The van der Waals surface area contributed by atoms with Gasteiger partial charge >= 0.3 is 5.97 Å². The number of ether oxygens (including phenoxy) is 3. The first-order valence-electron chi connectivity index (χ1n) is 8.96. The molecule has 0 saturated carbocycles. The lowest BCUT2D eigenvalue weighted by Crippen LogP contribution is -2.25. The molecule has 24 heavy (non-hydrogen) atoms. The van der Waals surface area contributed by atoms with Gasteiger partial charge in [-0.2, -0.15) is 0 Å². The minimum Gasteiger partial charge on any atom is -0.498 e. The summed E-state index contributed by atoms with van der Waals surface area (Å²) in [5, 5.41) is 10.7. The SMILES string of the molecule is CCOC(=O)CCCOC1=CCCC(CBr)C1CCC(O)OCC. The fourth-order valence-corrected chi connectivity index (χ4v) is 3.77. The predicted molar refractivity (Wildman–Crippen MR) is 96.8 cm³/mol. The molecule has 0 spiro atoms. The van der Waals surface area contributed by atoms with Crippen LogP contribution in [0.5, 0.6) is 0 Å². The molecule has 0 aromatic carbocycles. The van der Waals surface area contributed by atoms with E-state index < -0.39 is 6.29 Å². The van der Waals surface area contributed by atoms with Crippen molar-refractivity contribution < 1.29 is 24.1 Å². The van der Waals surface area contributed by atoms with Crippen LogP contribution in [0.25, 0.3) is 0 Å². The zero-order valence-corrected chi connectivity index (χ0v) is 16.4. The third kappa shape index (κ3) is 7.99. The van der Waals surface area contributed by atoms with Gasteiger partial charge in [-0.05, 0) is 57.9 Å². The summed E-state index contributed by atoms with van der Waals surface area (Å²) in [6.07, 6.45) is 6.05. The Hall–Kier alpha value is -0.590. The molecule has 0 aromatic rings. The van der Waals surface area contributed by atoms with Crippen LogP contribution in [0.4, 0.5) is 0 Å². The Balaban J connectivity index is 2.45. The molecule has 0 aromatic heterocycles. The van der Waals surface area contributed by atoms with Crippen LogP contribution >= 0.6 is 15.9 Å². The van der Waals surface area contributed by atoms with Crippen LogP contribution in [0.1, 0.15) is 52.4 Å². The van der Waals surface area contributed by atoms with Gasteiger partial charge in [0.15, 0.2) is 6.29 Å². The van der Waals surface area contributed by atoms with Crippen molar-refractivity contribution in [2.45, 2.75) is 58.7 Å². The molecule has 0 radical (unpaired) electrons. The van der Waals surface area contributed by atoms with E-state index in [2.05, 4.69) is 22.0 Å². The average molecular weight is 407 g/mol. The standard InChI is InChI=1S/C18H31BrO5/c1-3-22-17(20)9-6-12-24-16-8-5-7-14(13-19)15(16)10-11-18(21)23-4-2/h8,14-15,18,21H,3-7,9-13H2,1-2H3. The van der Waals surface area contributed by atoms with E-state index in [0.717, 1.165) is 30.4 Å². The monoisotopic (exact) mass is 406 g/mol. The maximum atomic E-state index is 11.4. The number of carbonyl (C=O) groups excluding carboxylic acids is 1. The number of alkyl halides is 1. The molecule has 0 fully saturated rings. The van der Waals surface area contributed by atoms with Crippen LogP contribution in [0.3, 0.4) is 0 Å². The van der Waals surface area contributed by atoms with E-state index in [-0.39, 0.29) is 11.9 Å². The van der Waals surface area contributed by atoms with E-state index >= 15 is 0 Å². The normalized spacial score (nSPS) is 21.9. The van der Waals surface area contributed by atoms with E-state index in [4.69, 9.17) is 14.2 Å². The summed E-state index contributed by atoms with van der Waals surface area (Å²) in [6.45, 7) is 5.14. The molecule has 3 atom stereocenters. The Labute approximate surface area is 153 Å². The number of hydrogen-bond donors (Lipinski definition) is 1. The second-order valence-corrected chi connectivity index (χ2v) is 6.60. The number of halogens is 1. The topological polar surface area (TPSA) is 65.0 Å². The second-order valence-electron chi connectivity index (χ2n) is 5.95. The number of allylic oxidation sites excluding steroid dienone is 2. The summed E-state index contributed by atoms with van der Waals surface area (Å²) in [4.78, 5) is 11.4. The zero-order valence-electron chi connectivity index (χ0n) is 14.8. The summed E-state index contributed by atoms with van der Waals surface area (Å²) in [6, 6.07) is 0. The summed E-state index contributed by atoms with van der Waals surface area (Å²) in [5.41, 5.74) is 0. The van der Waals surface area contributed by atoms with Gasteiger partial charge in [-0.3, -0.25) is 4.79 Å². The van der Waals surface area contributed by atoms with Gasteiger partial charge in [0.1, 0.15) is 0 Å². The van der Waals surface area contributed by atoms with Gasteiger partial charge < -0.3 is 19.3 Å². The summed E-state index contributed by atoms with van der Waals surface area (Å²) < 4.78 is 16.1. The molecule has 0 bridgehead atoms. The van der Waals surface area contributed by atoms with Gasteiger partial charge in [-0.1, -0.05) is 15.9 Å². The highest BCUT2D eigenvalue weighted by Crippen LogP contribution is 2.36. The van der Waals surface area contributed by atoms with E-state index in [1.54, 1.807) is 0 Å². The van der Waals surface area contributed by atoms with Crippen molar-refractivity contribution in [1.82, 2.24) is 0 Å². The molecular formula is C18H31BrO5. The van der Waals surface area contributed by atoms with E-state index in [1.807, 2.05) is 13.8 Å². The molecule has 1 aliphatic rings. The first kappa shape index (κ1) is 21.5. The van der Waals surface area contributed by atoms with Crippen LogP contribution in [-0.4, -0.2) is 42.5 Å². The Morgan fingerprint density at radius 2 is 2.21 bits per heavy atom. The van der Waals surface area contributed by atoms with Gasteiger partial charge in [0.25, 0.3) is 0 Å². The lowest BCUT2D eigenvalue weighted by molar-refractivity contribution is -0.143. The molecule has 0 aliphatic heterocycles. The molecule has 5 nitrogen and oxygen atoms in total. The minimum atomic E-state index is -0.710. The third-order valence-corrected chi connectivity index (χ3v) is 5.03. The van der Waals surface area contributed by atoms with Crippen LogP contribution in [-0.2, 0) is 19.0 Å². The highest BCUT2D eigenvalue weighted by Gasteiger charge is 2.29. The Kier molecular flexibility index (Phi) is 11.4. The van der Waals surface area contributed by atoms with Crippen LogP contribution in [0.2, 0.25) is 0 Å². The quantitative estimate of drug-likeness (QED) is 0.231. The first-order chi connectivity index (χ1) is 11.6. The molecule has 6 heteroatoms. The summed E-state index contributed by atoms with van der Waals surface area (Å²) in [5.74, 6) is 1.62. The van der Waals surface area contributed by atoms with Gasteiger partial charge in [0.2, 0.25) is 0 Å². The van der Waals surface area contributed by atoms with Crippen LogP contribution < -0.4 is 0 Å². The average Bonchev–Trinajstić information content (AvgIpc) is 2.57. The highest BCUT2D eigenvalue weighted by atomic mass is 79.9. The Morgan fingerprint density at radius 1 is 1.42 bits per heavy atom. The van der Waals surface area contributed by atoms with Crippen molar-refractivity contribution in [2.75, 3.05) is 25.2 Å². The van der Waals surface area contributed by atoms with Crippen LogP contribution in [0.15, 0.2) is 11.8 Å². The molecule has 1 aliphatic carbocycles. The number of aliphatic hydroxyl groups is 1. The van der Waals surface area contributed by atoms with Gasteiger partial charge in [0.05, 0.1) is 19.0 Å². The maximum Gasteiger partial charge on any atom is 0.305 e. The minimum absolute atomic E-state index is 0.173. The number of carbonyl (C=O) groups is 1. The van der Waals surface area contributed by atoms with E-state index in [9.17, 15) is 9.90 Å². The molecule has 1 rings (SSSR count). The van der Waals surface area contributed by atoms with Gasteiger partial charge in [0, 0.05) is 24.3 Å². The molecule has 0 amide bonds. The fraction of sp³-hybridized carbons (Fsp3) is 0.833. The van der Waals surface area contributed by atoms with Crippen molar-refractivity contribution in [1.29, 1.82) is 0 Å². The third-order valence-electron chi connectivity index (χ3n) is 4.20. The lowest BCUT2D eigenvalue weighted by atomic mass is 9.81. The second kappa shape index (κ2) is 12.7. The first-order valence-corrected chi connectivity index (χ1v) is 10.1. The Morgan fingerprint density at radius 3 is 2.88 bits per heavy atom. The van der Waals surface area contributed by atoms with Crippen LogP contribution in [0, 0.1) is 11.8 Å². The largest absolute Gasteiger partial charge is 0.498 e. The smallest absolute Gasteiger partial charge is 0.305 e. The van der Waals surface area contributed by atoms with E-state index in [0.29, 0.717) is 45.0 Å². The van der Waals surface area contributed by atoms with Gasteiger partial charge in [-0.25, -0.2) is 0 Å². The number of hydrogen-bond acceptors (Lipinski definition) is 5. The number of aliphatic hydroxyl groups excluding tert-OH is 1. The predicted octanol–water partition coefficient (Wildman–Crippen LogP) is 3.79. The number of esters is 1. The molecule has 0 saturated heterocycles. The van der Waals surface area contributed by atoms with Crippen molar-refractivity contribution in [3.63, 3.8) is 0 Å². The summed E-state index contributed by atoms with van der Waals surface area (Å²) >= 11 is 3.60. The molecule has 3 unspecified atom stereocenters. The Bertz CT molecular complexity index is 386. The van der Waals surface area contributed by atoms with Gasteiger partial charge in [-0.15, -0.1) is 0 Å². The fourth-order valence-electron chi connectivity index (χ4n) is 2.99. The summed E-state index contributed by atoms with van der Waals surface area (Å²) in [7, 11) is 0. The highest BCUT2D eigenvalue weighted by molar-refractivity contribution is 9.09. The maximum absolute atomic E-state index is 11.4. The van der Waals surface area contributed by atoms with Crippen molar-refractivity contribution in [3.8, 4) is 0 Å². The number of rotatable bonds is 12. The van der Waals surface area contributed by atoms with Crippen molar-refractivity contribution >= 4 is 21.9 Å². The molecule has 1 N–H and O–H groups in total.